The molecule has 1 atom stereocenters. The minimum Gasteiger partial charge on any atom is -0.309 e. The lowest BCUT2D eigenvalue weighted by Crippen LogP contribution is -2.18. The largest absolute Gasteiger partial charge is 0.309 e. The minimum atomic E-state index is 0.0516. The number of hydrogen-bond acceptors (Lipinski definition) is 3. The number of rotatable bonds is 5. The molecule has 0 aromatic carbocycles. The predicted octanol–water partition coefficient (Wildman–Crippen LogP) is 0.969. The van der Waals surface area contributed by atoms with Crippen molar-refractivity contribution in [2.24, 2.45) is 0 Å². The van der Waals surface area contributed by atoms with Gasteiger partial charge in [0.2, 0.25) is 0 Å². The molecule has 1 fully saturated rings. The van der Waals surface area contributed by atoms with Gasteiger partial charge in [0.25, 0.3) is 0 Å². The second kappa shape index (κ2) is 3.52. The maximum Gasteiger partial charge on any atom is 0.161 e. The molecule has 1 aliphatic rings. The Balaban J connectivity index is 2.03. The van der Waals surface area contributed by atoms with Crippen LogP contribution in [0.2, 0.25) is 0 Å². The van der Waals surface area contributed by atoms with Gasteiger partial charge in [-0.05, 0) is 39.9 Å². The van der Waals surface area contributed by atoms with Crippen LogP contribution in [0, 0.1) is 0 Å². The van der Waals surface area contributed by atoms with E-state index < -0.39 is 0 Å². The monoisotopic (exact) mass is 158 g/mol. The van der Waals surface area contributed by atoms with Crippen LogP contribution in [0.5, 0.6) is 0 Å². The highest BCUT2D eigenvalue weighted by molar-refractivity contribution is 4.81. The van der Waals surface area contributed by atoms with Gasteiger partial charge in [0.15, 0.2) is 5.72 Å². The topological polar surface area (TPSA) is 37.7 Å². The molecule has 0 saturated carbocycles. The summed E-state index contributed by atoms with van der Waals surface area (Å²) < 4.78 is 0. The molecule has 66 valence electrons. The van der Waals surface area contributed by atoms with E-state index in [4.69, 9.17) is 4.84 Å². The summed E-state index contributed by atoms with van der Waals surface area (Å²) in [7, 11) is 4.19. The molecule has 1 unspecified atom stereocenters. The van der Waals surface area contributed by atoms with E-state index in [2.05, 4.69) is 31.4 Å². The molecule has 0 amide bonds. The van der Waals surface area contributed by atoms with Crippen molar-refractivity contribution in [2.75, 3.05) is 20.6 Å². The normalized spacial score (nSPS) is 29.5. The molecule has 11 heavy (non-hydrogen) atoms. The van der Waals surface area contributed by atoms with Crippen LogP contribution in [0.15, 0.2) is 0 Å². The Morgan fingerprint density at radius 2 is 2.09 bits per heavy atom. The zero-order valence-corrected chi connectivity index (χ0v) is 7.68. The van der Waals surface area contributed by atoms with E-state index in [1.165, 1.54) is 6.42 Å². The molecular formula is C8H18N2O. The van der Waals surface area contributed by atoms with Crippen LogP contribution >= 0.6 is 0 Å². The molecule has 0 spiro atoms. The summed E-state index contributed by atoms with van der Waals surface area (Å²) >= 11 is 0. The van der Waals surface area contributed by atoms with Gasteiger partial charge in [-0.25, -0.2) is 0 Å². The maximum atomic E-state index is 5.16. The highest BCUT2D eigenvalue weighted by atomic mass is 16.8. The quantitative estimate of drug-likeness (QED) is 0.606. The second-order valence-electron chi connectivity index (χ2n) is 3.46. The number of nitrogens with one attached hydrogen (secondary N) is 1. The lowest BCUT2D eigenvalue weighted by atomic mass is 10.1. The SMILES string of the molecule is CCC1(CCCN(C)C)NO1. The molecule has 1 N–H and O–H groups in total. The second-order valence-corrected chi connectivity index (χ2v) is 3.46. The van der Waals surface area contributed by atoms with Gasteiger partial charge in [-0.15, -0.1) is 0 Å². The van der Waals surface area contributed by atoms with Crippen molar-refractivity contribution in [3.63, 3.8) is 0 Å². The molecule has 3 heteroatoms. The van der Waals surface area contributed by atoms with E-state index in [1.807, 2.05) is 0 Å². The highest BCUT2D eigenvalue weighted by Crippen LogP contribution is 2.28. The Labute approximate surface area is 68.7 Å². The molecule has 3 nitrogen and oxygen atoms in total. The molecule has 0 aromatic heterocycles. The first-order valence-corrected chi connectivity index (χ1v) is 4.28. The minimum absolute atomic E-state index is 0.0516. The van der Waals surface area contributed by atoms with Crippen molar-refractivity contribution in [1.29, 1.82) is 0 Å². The van der Waals surface area contributed by atoms with Gasteiger partial charge in [0.1, 0.15) is 0 Å². The Morgan fingerprint density at radius 3 is 2.45 bits per heavy atom. The summed E-state index contributed by atoms with van der Waals surface area (Å²) in [5.74, 6) is 0. The van der Waals surface area contributed by atoms with Crippen molar-refractivity contribution in [2.45, 2.75) is 31.9 Å². The summed E-state index contributed by atoms with van der Waals surface area (Å²) in [4.78, 5) is 7.36. The van der Waals surface area contributed by atoms with Crippen LogP contribution in [-0.2, 0) is 4.84 Å². The summed E-state index contributed by atoms with van der Waals surface area (Å²) in [5.41, 5.74) is 3.00. The van der Waals surface area contributed by atoms with E-state index in [-0.39, 0.29) is 5.72 Å². The van der Waals surface area contributed by atoms with Crippen LogP contribution in [0.1, 0.15) is 26.2 Å². The maximum absolute atomic E-state index is 5.16. The third-order valence-corrected chi connectivity index (χ3v) is 2.15. The summed E-state index contributed by atoms with van der Waals surface area (Å²) in [6.45, 7) is 3.29. The van der Waals surface area contributed by atoms with Gasteiger partial charge < -0.3 is 4.90 Å². The fourth-order valence-corrected chi connectivity index (χ4v) is 1.18. The average Bonchev–Trinajstić information content (AvgIpc) is 2.69. The van der Waals surface area contributed by atoms with E-state index in [0.717, 1.165) is 19.4 Å². The lowest BCUT2D eigenvalue weighted by Gasteiger charge is -2.10. The fraction of sp³-hybridized carbons (Fsp3) is 1.00. The van der Waals surface area contributed by atoms with Crippen molar-refractivity contribution in [3.8, 4) is 0 Å². The number of nitrogens with zero attached hydrogens (tertiary/aromatic N) is 1. The predicted molar refractivity (Wildman–Crippen MR) is 45.0 cm³/mol. The standard InChI is InChI=1S/C8H18N2O/c1-4-8(9-11-8)6-5-7-10(2)3/h9H,4-7H2,1-3H3. The molecule has 0 aromatic rings. The third kappa shape index (κ3) is 2.77. The van der Waals surface area contributed by atoms with Crippen molar-refractivity contribution >= 4 is 0 Å². The molecule has 0 bridgehead atoms. The first kappa shape index (κ1) is 8.97. The summed E-state index contributed by atoms with van der Waals surface area (Å²) in [6, 6.07) is 0. The molecule has 1 aliphatic heterocycles. The highest BCUT2D eigenvalue weighted by Gasteiger charge is 2.41. The van der Waals surface area contributed by atoms with Crippen LogP contribution in [0.3, 0.4) is 0 Å². The zero-order valence-electron chi connectivity index (χ0n) is 7.68. The van der Waals surface area contributed by atoms with Crippen LogP contribution in [0.25, 0.3) is 0 Å². The van der Waals surface area contributed by atoms with Gasteiger partial charge in [-0.2, -0.15) is 5.48 Å². The number of hydrogen-bond donors (Lipinski definition) is 1. The zero-order chi connectivity index (χ0) is 8.32. The summed E-state index contributed by atoms with van der Waals surface area (Å²) in [6.07, 6.45) is 3.40. The van der Waals surface area contributed by atoms with Crippen molar-refractivity contribution < 1.29 is 4.84 Å². The Morgan fingerprint density at radius 1 is 1.45 bits per heavy atom. The fourth-order valence-electron chi connectivity index (χ4n) is 1.18. The first-order valence-electron chi connectivity index (χ1n) is 4.28. The average molecular weight is 158 g/mol. The van der Waals surface area contributed by atoms with Gasteiger partial charge in [0, 0.05) is 0 Å². The van der Waals surface area contributed by atoms with Crippen molar-refractivity contribution in [3.05, 3.63) is 0 Å². The summed E-state index contributed by atoms with van der Waals surface area (Å²) in [5, 5.41) is 0. The van der Waals surface area contributed by atoms with E-state index in [0.29, 0.717) is 0 Å². The van der Waals surface area contributed by atoms with Crippen LogP contribution in [-0.4, -0.2) is 31.3 Å². The first-order chi connectivity index (χ1) is 5.18. The third-order valence-electron chi connectivity index (χ3n) is 2.15. The van der Waals surface area contributed by atoms with Gasteiger partial charge in [-0.1, -0.05) is 6.92 Å². The Bertz CT molecular complexity index is 121. The van der Waals surface area contributed by atoms with Crippen LogP contribution < -0.4 is 5.48 Å². The molecule has 1 saturated heterocycles. The molecule has 1 rings (SSSR count). The molecule has 0 aliphatic carbocycles. The smallest absolute Gasteiger partial charge is 0.161 e. The van der Waals surface area contributed by atoms with Crippen LogP contribution in [0.4, 0.5) is 0 Å². The van der Waals surface area contributed by atoms with Crippen molar-refractivity contribution in [1.82, 2.24) is 10.4 Å². The van der Waals surface area contributed by atoms with E-state index in [1.54, 1.807) is 0 Å². The molecule has 1 heterocycles. The van der Waals surface area contributed by atoms with Gasteiger partial charge >= 0.3 is 0 Å². The van der Waals surface area contributed by atoms with E-state index >= 15 is 0 Å². The number of hydroxylamine groups is 1. The molecular weight excluding hydrogens is 140 g/mol. The Hall–Kier alpha value is -0.120. The lowest BCUT2D eigenvalue weighted by molar-refractivity contribution is 0.258. The van der Waals surface area contributed by atoms with E-state index in [9.17, 15) is 0 Å². The molecule has 0 radical (unpaired) electrons. The Kier molecular flexibility index (Phi) is 2.87. The van der Waals surface area contributed by atoms with Gasteiger partial charge in [-0.3, -0.25) is 4.84 Å². The van der Waals surface area contributed by atoms with Gasteiger partial charge in [0.05, 0.1) is 0 Å².